The quantitative estimate of drug-likeness (QED) is 0.383. The number of benzene rings is 1. The number of rotatable bonds is 7. The van der Waals surface area contributed by atoms with Crippen molar-refractivity contribution in [1.82, 2.24) is 24.1 Å². The lowest BCUT2D eigenvalue weighted by Crippen LogP contribution is -2.53. The molecule has 1 aliphatic heterocycles. The standard InChI is InChI=1S/C25H28ClF2N7O4S/c1-32(23-14-22(26)29-16-30-23)40(37,38)34-9-7-33(8-10-34)21-15-31-35(19-12-17(27)11-18(28)13-19)25(36)24(21)39-20-5-3-2-4-6-20/h11-16,20H,2-10H2,1H3. The van der Waals surface area contributed by atoms with Gasteiger partial charge in [-0.15, -0.1) is 0 Å². The van der Waals surface area contributed by atoms with Crippen molar-refractivity contribution in [3.05, 3.63) is 63.9 Å². The number of nitrogens with zero attached hydrogens (tertiary/aromatic N) is 7. The molecule has 1 aromatic carbocycles. The van der Waals surface area contributed by atoms with Crippen LogP contribution >= 0.6 is 11.6 Å². The van der Waals surface area contributed by atoms with E-state index in [0.29, 0.717) is 11.8 Å². The van der Waals surface area contributed by atoms with Crippen LogP contribution in [0.4, 0.5) is 20.3 Å². The van der Waals surface area contributed by atoms with Gasteiger partial charge in [-0.1, -0.05) is 18.0 Å². The molecule has 2 fully saturated rings. The highest BCUT2D eigenvalue weighted by molar-refractivity contribution is 7.90. The minimum Gasteiger partial charge on any atom is -0.483 e. The van der Waals surface area contributed by atoms with Crippen LogP contribution in [0.2, 0.25) is 5.15 Å². The molecule has 0 unspecified atom stereocenters. The summed E-state index contributed by atoms with van der Waals surface area (Å²) in [6.07, 6.45) is 7.00. The molecule has 2 aliphatic rings. The van der Waals surface area contributed by atoms with E-state index in [-0.39, 0.29) is 54.7 Å². The second-order valence-electron chi connectivity index (χ2n) is 9.64. The average molecular weight is 596 g/mol. The van der Waals surface area contributed by atoms with Gasteiger partial charge in [0.2, 0.25) is 5.75 Å². The lowest BCUT2D eigenvalue weighted by Gasteiger charge is -2.37. The van der Waals surface area contributed by atoms with Crippen LogP contribution in [0, 0.1) is 11.6 Å². The normalized spacial score (nSPS) is 17.1. The molecule has 1 saturated carbocycles. The molecule has 3 aromatic rings. The summed E-state index contributed by atoms with van der Waals surface area (Å²) in [6.45, 7) is 0.732. The summed E-state index contributed by atoms with van der Waals surface area (Å²) in [6, 6.07) is 4.11. The number of piperazine rings is 1. The van der Waals surface area contributed by atoms with E-state index in [1.165, 1.54) is 29.9 Å². The van der Waals surface area contributed by atoms with Crippen molar-refractivity contribution >= 4 is 33.3 Å². The van der Waals surface area contributed by atoms with Crippen molar-refractivity contribution in [1.29, 1.82) is 0 Å². The summed E-state index contributed by atoms with van der Waals surface area (Å²) < 4.78 is 63.8. The third kappa shape index (κ3) is 5.88. The van der Waals surface area contributed by atoms with E-state index in [1.807, 2.05) is 4.90 Å². The topological polar surface area (TPSA) is 114 Å². The molecule has 1 saturated heterocycles. The highest BCUT2D eigenvalue weighted by atomic mass is 35.5. The van der Waals surface area contributed by atoms with E-state index in [0.717, 1.165) is 53.2 Å². The molecule has 0 N–H and O–H groups in total. The fourth-order valence-corrected chi connectivity index (χ4v) is 6.36. The predicted octanol–water partition coefficient (Wildman–Crippen LogP) is 3.17. The van der Waals surface area contributed by atoms with Gasteiger partial charge in [-0.2, -0.15) is 22.5 Å². The zero-order chi connectivity index (χ0) is 28.4. The zero-order valence-electron chi connectivity index (χ0n) is 21.7. The van der Waals surface area contributed by atoms with Crippen LogP contribution in [0.3, 0.4) is 0 Å². The minimum atomic E-state index is -3.92. The first-order valence-electron chi connectivity index (χ1n) is 12.9. The number of hydrogen-bond acceptors (Lipinski definition) is 8. The molecule has 1 aliphatic carbocycles. The van der Waals surface area contributed by atoms with Crippen molar-refractivity contribution in [2.24, 2.45) is 0 Å². The summed E-state index contributed by atoms with van der Waals surface area (Å²) >= 11 is 5.90. The Balaban J connectivity index is 1.41. The smallest absolute Gasteiger partial charge is 0.316 e. The van der Waals surface area contributed by atoms with E-state index in [9.17, 15) is 22.0 Å². The van der Waals surface area contributed by atoms with Crippen LogP contribution in [-0.4, -0.2) is 71.8 Å². The van der Waals surface area contributed by atoms with Gasteiger partial charge in [0.05, 0.1) is 18.0 Å². The first kappa shape index (κ1) is 28.2. The van der Waals surface area contributed by atoms with Gasteiger partial charge < -0.3 is 9.64 Å². The van der Waals surface area contributed by atoms with Gasteiger partial charge in [0, 0.05) is 45.4 Å². The molecule has 40 heavy (non-hydrogen) atoms. The number of ether oxygens (including phenoxy) is 1. The summed E-state index contributed by atoms with van der Waals surface area (Å²) in [4.78, 5) is 23.2. The second-order valence-corrected chi connectivity index (χ2v) is 12.0. The van der Waals surface area contributed by atoms with Crippen molar-refractivity contribution in [2.45, 2.75) is 38.2 Å². The molecule has 0 amide bonds. The van der Waals surface area contributed by atoms with Crippen LogP contribution in [0.15, 0.2) is 41.6 Å². The average Bonchev–Trinajstić information content (AvgIpc) is 2.94. The molecule has 15 heteroatoms. The number of anilines is 2. The lowest BCUT2D eigenvalue weighted by atomic mass is 9.98. The van der Waals surface area contributed by atoms with Crippen LogP contribution in [0.1, 0.15) is 32.1 Å². The monoisotopic (exact) mass is 595 g/mol. The van der Waals surface area contributed by atoms with Crippen molar-refractivity contribution in [3.8, 4) is 11.4 Å². The molecule has 0 radical (unpaired) electrons. The third-order valence-electron chi connectivity index (χ3n) is 7.04. The Bertz CT molecular complexity index is 1520. The molecule has 3 heterocycles. The van der Waals surface area contributed by atoms with Crippen molar-refractivity contribution in [2.75, 3.05) is 42.4 Å². The molecule has 0 bridgehead atoms. The molecule has 5 rings (SSSR count). The van der Waals surface area contributed by atoms with Crippen molar-refractivity contribution < 1.29 is 21.9 Å². The molecule has 2 aromatic heterocycles. The van der Waals surface area contributed by atoms with Gasteiger partial charge in [0.1, 0.15) is 34.6 Å². The predicted molar refractivity (Wildman–Crippen MR) is 145 cm³/mol. The minimum absolute atomic E-state index is 0.0237. The van der Waals surface area contributed by atoms with E-state index in [1.54, 1.807) is 0 Å². The maximum absolute atomic E-state index is 13.9. The van der Waals surface area contributed by atoms with Crippen LogP contribution in [0.5, 0.6) is 5.75 Å². The first-order chi connectivity index (χ1) is 19.1. The van der Waals surface area contributed by atoms with E-state index in [4.69, 9.17) is 16.3 Å². The van der Waals surface area contributed by atoms with Gasteiger partial charge in [-0.05, 0) is 37.8 Å². The summed E-state index contributed by atoms with van der Waals surface area (Å²) in [5, 5.41) is 4.30. The molecule has 0 spiro atoms. The maximum atomic E-state index is 13.9. The fraction of sp³-hybridized carbons (Fsp3) is 0.440. The molecule has 214 valence electrons. The first-order valence-corrected chi connectivity index (χ1v) is 14.6. The Kier molecular flexibility index (Phi) is 8.19. The highest BCUT2D eigenvalue weighted by Gasteiger charge is 2.33. The molecule has 11 nitrogen and oxygen atoms in total. The number of halogens is 3. The van der Waals surface area contributed by atoms with Gasteiger partial charge >= 0.3 is 15.8 Å². The van der Waals surface area contributed by atoms with Crippen LogP contribution < -0.4 is 19.5 Å². The second kappa shape index (κ2) is 11.6. The SMILES string of the molecule is CN(c1cc(Cl)ncn1)S(=O)(=O)N1CCN(c2cnn(-c3cc(F)cc(F)c3)c(=O)c2OC2CCCCC2)CC1. The Labute approximate surface area is 235 Å². The van der Waals surface area contributed by atoms with Gasteiger partial charge in [0.15, 0.2) is 0 Å². The Morgan fingerprint density at radius 1 is 1.00 bits per heavy atom. The summed E-state index contributed by atoms with van der Waals surface area (Å²) in [7, 11) is -2.54. The molecule has 0 atom stereocenters. The van der Waals surface area contributed by atoms with Crippen LogP contribution in [0.25, 0.3) is 5.69 Å². The Morgan fingerprint density at radius 3 is 2.33 bits per heavy atom. The Hall–Kier alpha value is -3.36. The summed E-state index contributed by atoms with van der Waals surface area (Å²) in [5.41, 5.74) is -0.313. The molecular weight excluding hydrogens is 568 g/mol. The maximum Gasteiger partial charge on any atom is 0.316 e. The number of aromatic nitrogens is 4. The van der Waals surface area contributed by atoms with Crippen molar-refractivity contribution in [3.63, 3.8) is 0 Å². The fourth-order valence-electron chi connectivity index (χ4n) is 4.91. The van der Waals surface area contributed by atoms with Gasteiger partial charge in [-0.25, -0.2) is 23.1 Å². The van der Waals surface area contributed by atoms with Gasteiger partial charge in [0.25, 0.3) is 0 Å². The zero-order valence-corrected chi connectivity index (χ0v) is 23.3. The Morgan fingerprint density at radius 2 is 1.68 bits per heavy atom. The lowest BCUT2D eigenvalue weighted by molar-refractivity contribution is 0.152. The summed E-state index contributed by atoms with van der Waals surface area (Å²) in [5.74, 6) is -1.52. The highest BCUT2D eigenvalue weighted by Crippen LogP contribution is 2.30. The number of hydrogen-bond donors (Lipinski definition) is 0. The third-order valence-corrected chi connectivity index (χ3v) is 9.14. The largest absolute Gasteiger partial charge is 0.483 e. The van der Waals surface area contributed by atoms with E-state index < -0.39 is 27.4 Å². The van der Waals surface area contributed by atoms with Crippen LogP contribution in [-0.2, 0) is 10.2 Å². The molecular formula is C25H28ClF2N7O4S. The van der Waals surface area contributed by atoms with E-state index >= 15 is 0 Å². The van der Waals surface area contributed by atoms with E-state index in [2.05, 4.69) is 15.1 Å². The van der Waals surface area contributed by atoms with Gasteiger partial charge in [-0.3, -0.25) is 4.79 Å².